The molecule has 2 saturated heterocycles. The average molecular weight is 708 g/mol. The molecule has 3 amide bonds. The molecule has 3 unspecified atom stereocenters. The monoisotopic (exact) mass is 707 g/mol. The molecule has 0 aromatic heterocycles. The van der Waals surface area contributed by atoms with Gasteiger partial charge in [0.15, 0.2) is 0 Å². The summed E-state index contributed by atoms with van der Waals surface area (Å²) in [5.41, 5.74) is 1.22. The number of carbonyl (C=O) groups excluding carboxylic acids is 4. The van der Waals surface area contributed by atoms with E-state index in [0.717, 1.165) is 11.1 Å². The van der Waals surface area contributed by atoms with E-state index in [-0.39, 0.29) is 35.7 Å². The van der Waals surface area contributed by atoms with Gasteiger partial charge < -0.3 is 38.8 Å². The number of fused-ring (bicyclic) bond motifs is 5. The number of amides is 3. The van der Waals surface area contributed by atoms with Crippen molar-refractivity contribution in [1.29, 1.82) is 0 Å². The van der Waals surface area contributed by atoms with E-state index in [1.165, 1.54) is 24.0 Å². The fourth-order valence-electron chi connectivity index (χ4n) is 6.06. The molecule has 2 fully saturated rings. The first-order valence-electron chi connectivity index (χ1n) is 15.9. The summed E-state index contributed by atoms with van der Waals surface area (Å²) in [4.78, 5) is 55.2. The summed E-state index contributed by atoms with van der Waals surface area (Å²) in [6, 6.07) is 2.36. The molecule has 48 heavy (non-hydrogen) atoms. The Balaban J connectivity index is 1.72. The zero-order valence-electron chi connectivity index (χ0n) is 28.5. The van der Waals surface area contributed by atoms with E-state index in [1.807, 2.05) is 37.3 Å². The van der Waals surface area contributed by atoms with Crippen LogP contribution in [0.4, 0.5) is 10.5 Å². The van der Waals surface area contributed by atoms with Crippen molar-refractivity contribution in [2.24, 2.45) is 0 Å². The number of anilines is 1. The fourth-order valence-corrected chi connectivity index (χ4v) is 6.57. The molecule has 0 aliphatic carbocycles. The third-order valence-electron chi connectivity index (χ3n) is 9.32. The van der Waals surface area contributed by atoms with Crippen LogP contribution in [0.1, 0.15) is 52.0 Å². The smallest absolute Gasteiger partial charge is 0.407 e. The minimum absolute atomic E-state index is 0.154. The van der Waals surface area contributed by atoms with E-state index in [2.05, 4.69) is 17.9 Å². The number of thiol groups is 1. The number of hydrogen-bond acceptors (Lipinski definition) is 10. The molecule has 12 nitrogen and oxygen atoms in total. The standard InChI is InChI=1S/C34H46ClN3O9S/c1-19-9-8-10-25(43-6)23-16-22(45-33(42)36-23)17-28-34(3,47-28)27(46-32(41)20(2)37(4)29(39)11-12-48)18-30(40)38(5)24-14-21(13-19)15-26(44-7)31(24)35/h8-10,14-15,20,22-23,25,27-28,48H,11-13,16-18H2,1-7H3,(H,36,42)/b10-8+,19-9+/t20-,22?,23?,25+,27-,28?,34-/m0/s1. The highest BCUT2D eigenvalue weighted by Gasteiger charge is 2.61. The van der Waals surface area contributed by atoms with E-state index in [1.54, 1.807) is 28.0 Å². The molecule has 4 rings (SSSR count). The molecule has 0 radical (unpaired) electrons. The third-order valence-corrected chi connectivity index (χ3v) is 9.92. The molecule has 1 aromatic rings. The molecule has 3 aliphatic heterocycles. The van der Waals surface area contributed by atoms with Crippen LogP contribution in [0.25, 0.3) is 0 Å². The van der Waals surface area contributed by atoms with E-state index in [0.29, 0.717) is 36.5 Å². The van der Waals surface area contributed by atoms with Crippen LogP contribution in [0, 0.1) is 0 Å². The Kier molecular flexibility index (Phi) is 12.5. The average Bonchev–Trinajstić information content (AvgIpc) is 3.70. The van der Waals surface area contributed by atoms with Gasteiger partial charge in [0.25, 0.3) is 0 Å². The maximum Gasteiger partial charge on any atom is 0.407 e. The highest BCUT2D eigenvalue weighted by molar-refractivity contribution is 7.80. The lowest BCUT2D eigenvalue weighted by atomic mass is 9.91. The number of halogens is 1. The molecule has 264 valence electrons. The van der Waals surface area contributed by atoms with Crippen molar-refractivity contribution in [1.82, 2.24) is 10.2 Å². The topological polar surface area (TPSA) is 136 Å². The van der Waals surface area contributed by atoms with Gasteiger partial charge in [-0.25, -0.2) is 9.59 Å². The Bertz CT molecular complexity index is 1450. The van der Waals surface area contributed by atoms with Gasteiger partial charge in [0, 0.05) is 40.5 Å². The number of nitrogens with one attached hydrogen (secondary N) is 1. The minimum atomic E-state index is -1.08. The molecule has 3 heterocycles. The molecule has 1 aromatic carbocycles. The van der Waals surface area contributed by atoms with Gasteiger partial charge in [0.2, 0.25) is 11.8 Å². The summed E-state index contributed by atoms with van der Waals surface area (Å²) < 4.78 is 29.1. The second-order valence-electron chi connectivity index (χ2n) is 12.7. The number of nitrogens with zero attached hydrogens (tertiary/aromatic N) is 2. The van der Waals surface area contributed by atoms with Crippen molar-refractivity contribution in [2.45, 2.75) is 95.0 Å². The fraction of sp³-hybridized carbons (Fsp3) is 0.588. The predicted molar refractivity (Wildman–Crippen MR) is 184 cm³/mol. The van der Waals surface area contributed by atoms with Gasteiger partial charge in [0.1, 0.15) is 34.6 Å². The van der Waals surface area contributed by atoms with Crippen molar-refractivity contribution in [3.05, 3.63) is 46.5 Å². The van der Waals surface area contributed by atoms with Crippen LogP contribution >= 0.6 is 24.2 Å². The summed E-state index contributed by atoms with van der Waals surface area (Å²) >= 11 is 10.8. The summed E-state index contributed by atoms with van der Waals surface area (Å²) in [6.45, 7) is 5.30. The Labute approximate surface area is 292 Å². The number of epoxide rings is 1. The van der Waals surface area contributed by atoms with Crippen molar-refractivity contribution < 1.29 is 42.9 Å². The van der Waals surface area contributed by atoms with Gasteiger partial charge in [-0.1, -0.05) is 35.4 Å². The molecule has 0 spiro atoms. The van der Waals surface area contributed by atoms with Gasteiger partial charge in [-0.3, -0.25) is 9.59 Å². The van der Waals surface area contributed by atoms with Crippen LogP contribution in [0.3, 0.4) is 0 Å². The van der Waals surface area contributed by atoms with Gasteiger partial charge in [-0.05, 0) is 50.6 Å². The number of likely N-dealkylation sites (N-methyl/N-ethyl adjacent to an activating group) is 1. The normalized spacial score (nSPS) is 30.1. The minimum Gasteiger partial charge on any atom is -0.495 e. The number of methoxy groups -OCH3 is 2. The summed E-state index contributed by atoms with van der Waals surface area (Å²) in [5, 5.41) is 3.11. The van der Waals surface area contributed by atoms with Gasteiger partial charge >= 0.3 is 12.1 Å². The number of benzene rings is 1. The van der Waals surface area contributed by atoms with Crippen molar-refractivity contribution in [3.8, 4) is 5.75 Å². The first kappa shape index (κ1) is 37.6. The number of allylic oxidation sites excluding steroid dienone is 3. The zero-order chi connectivity index (χ0) is 35.3. The maximum absolute atomic E-state index is 13.9. The highest BCUT2D eigenvalue weighted by Crippen LogP contribution is 2.46. The lowest BCUT2D eigenvalue weighted by Gasteiger charge is -2.33. The van der Waals surface area contributed by atoms with E-state index in [4.69, 9.17) is 35.3 Å². The number of alkyl carbamates (subject to hydrolysis) is 1. The van der Waals surface area contributed by atoms with E-state index in [9.17, 15) is 19.2 Å². The second kappa shape index (κ2) is 16.0. The summed E-state index contributed by atoms with van der Waals surface area (Å²) in [7, 11) is 6.20. The molecule has 1 N–H and O–H groups in total. The lowest BCUT2D eigenvalue weighted by Crippen LogP contribution is -2.51. The van der Waals surface area contributed by atoms with E-state index >= 15 is 0 Å². The quantitative estimate of drug-likeness (QED) is 0.242. The number of hydrogen-bond donors (Lipinski definition) is 2. The Hall–Kier alpha value is -3.26. The molecule has 4 bridgehead atoms. The molecular weight excluding hydrogens is 662 g/mol. The maximum atomic E-state index is 13.9. The third kappa shape index (κ3) is 8.66. The summed E-state index contributed by atoms with van der Waals surface area (Å²) in [5.74, 6) is -0.607. The van der Waals surface area contributed by atoms with Gasteiger partial charge in [-0.2, -0.15) is 12.6 Å². The molecule has 0 saturated carbocycles. The van der Waals surface area contributed by atoms with Crippen molar-refractivity contribution in [3.63, 3.8) is 0 Å². The van der Waals surface area contributed by atoms with Crippen LogP contribution in [-0.4, -0.2) is 105 Å². The highest BCUT2D eigenvalue weighted by atomic mass is 35.5. The lowest BCUT2D eigenvalue weighted by molar-refractivity contribution is -0.161. The first-order chi connectivity index (χ1) is 22.7. The molecular formula is C34H46ClN3O9S. The molecule has 14 heteroatoms. The van der Waals surface area contributed by atoms with Crippen molar-refractivity contribution in [2.75, 3.05) is 39.0 Å². The zero-order valence-corrected chi connectivity index (χ0v) is 30.1. The first-order valence-corrected chi connectivity index (χ1v) is 16.9. The molecule has 3 aliphatic rings. The Morgan fingerprint density at radius 1 is 1.25 bits per heavy atom. The SMILES string of the molecule is COc1cc2cc(c1Cl)N(C)C(=O)C[C@H](OC(=O)[C@H](C)N(C)C(=O)CCS)[C@]1(C)OC1CC1CC(NC(=O)O1)[C@H](OC)/C=C/C=C(\C)C2. The van der Waals surface area contributed by atoms with Crippen LogP contribution in [0.2, 0.25) is 5.02 Å². The van der Waals surface area contributed by atoms with Crippen LogP contribution in [-0.2, 0) is 39.8 Å². The van der Waals surface area contributed by atoms with Crippen LogP contribution in [0.15, 0.2) is 35.9 Å². The Morgan fingerprint density at radius 3 is 2.65 bits per heavy atom. The number of carbonyl (C=O) groups is 4. The van der Waals surface area contributed by atoms with Crippen LogP contribution in [0.5, 0.6) is 5.75 Å². The van der Waals surface area contributed by atoms with Gasteiger partial charge in [-0.15, -0.1) is 0 Å². The number of rotatable bonds is 7. The molecule has 7 atom stereocenters. The summed E-state index contributed by atoms with van der Waals surface area (Å²) in [6.07, 6.45) is 3.86. The van der Waals surface area contributed by atoms with Crippen LogP contribution < -0.4 is 15.0 Å². The van der Waals surface area contributed by atoms with E-state index < -0.39 is 48.1 Å². The number of ether oxygens (including phenoxy) is 5. The van der Waals surface area contributed by atoms with Crippen molar-refractivity contribution >= 4 is 53.8 Å². The second-order valence-corrected chi connectivity index (χ2v) is 13.5. The predicted octanol–water partition coefficient (Wildman–Crippen LogP) is 4.27. The number of esters is 1. The largest absolute Gasteiger partial charge is 0.495 e. The Morgan fingerprint density at radius 2 is 1.98 bits per heavy atom. The van der Waals surface area contributed by atoms with Gasteiger partial charge in [0.05, 0.1) is 37.5 Å².